The van der Waals surface area contributed by atoms with Gasteiger partial charge in [-0.2, -0.15) is 0 Å². The Bertz CT molecular complexity index is 490. The van der Waals surface area contributed by atoms with Gasteiger partial charge in [0, 0.05) is 13.1 Å². The summed E-state index contributed by atoms with van der Waals surface area (Å²) >= 11 is 3.22. The number of benzene rings is 1. The van der Waals surface area contributed by atoms with Crippen molar-refractivity contribution in [3.63, 3.8) is 0 Å². The first-order valence-electron chi connectivity index (χ1n) is 6.15. The average Bonchev–Trinajstić information content (AvgIpc) is 2.71. The maximum Gasteiger partial charge on any atom is 0.191 e. The molecule has 1 atom stereocenters. The van der Waals surface area contributed by atoms with Crippen LogP contribution in [0.25, 0.3) is 0 Å². The molecule has 0 bridgehead atoms. The Labute approximate surface area is 121 Å². The minimum atomic E-state index is -0.254. The highest BCUT2D eigenvalue weighted by molar-refractivity contribution is 9.10. The molecule has 0 aliphatic carbocycles. The monoisotopic (exact) mass is 328 g/mol. The topological polar surface area (TPSA) is 44.9 Å². The van der Waals surface area contributed by atoms with Crippen LogP contribution in [0, 0.1) is 5.82 Å². The van der Waals surface area contributed by atoms with Crippen molar-refractivity contribution in [1.82, 2.24) is 9.80 Å². The van der Waals surface area contributed by atoms with Crippen LogP contribution in [-0.2, 0) is 0 Å². The van der Waals surface area contributed by atoms with Crippen molar-refractivity contribution >= 4 is 21.9 Å². The van der Waals surface area contributed by atoms with E-state index < -0.39 is 0 Å². The van der Waals surface area contributed by atoms with E-state index in [2.05, 4.69) is 30.7 Å². The number of likely N-dealkylation sites (N-methyl/N-ethyl adjacent to an activating group) is 1. The zero-order chi connectivity index (χ0) is 14.0. The minimum Gasteiger partial charge on any atom is -0.370 e. The van der Waals surface area contributed by atoms with Gasteiger partial charge in [-0.3, -0.25) is 4.99 Å². The molecule has 1 aromatic carbocycles. The van der Waals surface area contributed by atoms with Gasteiger partial charge in [-0.15, -0.1) is 0 Å². The van der Waals surface area contributed by atoms with Gasteiger partial charge in [-0.1, -0.05) is 6.07 Å². The van der Waals surface area contributed by atoms with E-state index in [0.717, 1.165) is 18.7 Å². The van der Waals surface area contributed by atoms with E-state index in [1.807, 2.05) is 14.1 Å². The van der Waals surface area contributed by atoms with Crippen molar-refractivity contribution in [3.8, 4) is 0 Å². The normalized spacial score (nSPS) is 19.1. The van der Waals surface area contributed by atoms with E-state index >= 15 is 0 Å². The van der Waals surface area contributed by atoms with Gasteiger partial charge in [-0.25, -0.2) is 4.39 Å². The number of guanidine groups is 1. The molecule has 0 radical (unpaired) electrons. The number of rotatable bonds is 4. The largest absolute Gasteiger partial charge is 0.370 e. The van der Waals surface area contributed by atoms with Crippen molar-refractivity contribution in [2.24, 2.45) is 10.7 Å². The fourth-order valence-corrected chi connectivity index (χ4v) is 2.51. The molecule has 0 aromatic heterocycles. The lowest BCUT2D eigenvalue weighted by Gasteiger charge is -2.28. The number of aliphatic imine (C=N–C) groups is 1. The Morgan fingerprint density at radius 3 is 2.89 bits per heavy atom. The molecule has 1 aliphatic rings. The second-order valence-corrected chi connectivity index (χ2v) is 5.74. The molecular weight excluding hydrogens is 311 g/mol. The Hall–Kier alpha value is -1.14. The van der Waals surface area contributed by atoms with Gasteiger partial charge in [0.1, 0.15) is 5.82 Å². The summed E-state index contributed by atoms with van der Waals surface area (Å²) in [4.78, 5) is 8.47. The first kappa shape index (κ1) is 14.3. The first-order chi connectivity index (χ1) is 8.99. The van der Waals surface area contributed by atoms with Crippen molar-refractivity contribution < 1.29 is 4.39 Å². The molecule has 0 fully saturated rings. The van der Waals surface area contributed by atoms with Crippen molar-refractivity contribution in [1.29, 1.82) is 0 Å². The van der Waals surface area contributed by atoms with Gasteiger partial charge in [0.25, 0.3) is 0 Å². The van der Waals surface area contributed by atoms with Crippen LogP contribution >= 0.6 is 15.9 Å². The van der Waals surface area contributed by atoms with Crippen LogP contribution in [0.3, 0.4) is 0 Å². The van der Waals surface area contributed by atoms with E-state index in [4.69, 9.17) is 5.73 Å². The molecule has 6 heteroatoms. The smallest absolute Gasteiger partial charge is 0.191 e. The van der Waals surface area contributed by atoms with Gasteiger partial charge >= 0.3 is 0 Å². The molecule has 2 rings (SSSR count). The molecule has 1 unspecified atom stereocenters. The Morgan fingerprint density at radius 2 is 2.26 bits per heavy atom. The summed E-state index contributed by atoms with van der Waals surface area (Å²) in [5.74, 6) is 0.308. The van der Waals surface area contributed by atoms with Crippen molar-refractivity contribution in [2.75, 3.05) is 33.7 Å². The highest BCUT2D eigenvalue weighted by Gasteiger charge is 2.27. The second kappa shape index (κ2) is 5.88. The molecule has 104 valence electrons. The minimum absolute atomic E-state index is 0.0943. The third-order valence-corrected chi connectivity index (χ3v) is 3.82. The Kier molecular flexibility index (Phi) is 4.42. The van der Waals surface area contributed by atoms with Crippen LogP contribution in [0.2, 0.25) is 0 Å². The van der Waals surface area contributed by atoms with E-state index in [0.29, 0.717) is 17.0 Å². The third kappa shape index (κ3) is 3.25. The van der Waals surface area contributed by atoms with E-state index in [-0.39, 0.29) is 11.9 Å². The van der Waals surface area contributed by atoms with Gasteiger partial charge in [0.2, 0.25) is 0 Å². The second-order valence-electron chi connectivity index (χ2n) is 4.88. The van der Waals surface area contributed by atoms with Crippen LogP contribution in [-0.4, -0.2) is 49.5 Å². The fourth-order valence-electron chi connectivity index (χ4n) is 2.11. The van der Waals surface area contributed by atoms with Crippen molar-refractivity contribution in [2.45, 2.75) is 6.04 Å². The lowest BCUT2D eigenvalue weighted by molar-refractivity contribution is 0.293. The predicted octanol–water partition coefficient (Wildman–Crippen LogP) is 1.82. The Balaban J connectivity index is 2.16. The standard InChI is InChI=1S/C13H18BrFN4/c1-18(2)5-6-19-12(8-17-13(19)16)9-3-4-11(15)10(14)7-9/h3-4,7,12H,5-6,8H2,1-2H3,(H2,16,17). The molecule has 4 nitrogen and oxygen atoms in total. The summed E-state index contributed by atoms with van der Waals surface area (Å²) < 4.78 is 13.8. The molecule has 1 aliphatic heterocycles. The van der Waals surface area contributed by atoms with Gasteiger partial charge in [-0.05, 0) is 47.7 Å². The van der Waals surface area contributed by atoms with Crippen molar-refractivity contribution in [3.05, 3.63) is 34.1 Å². The molecule has 1 aromatic rings. The molecule has 19 heavy (non-hydrogen) atoms. The quantitative estimate of drug-likeness (QED) is 0.917. The third-order valence-electron chi connectivity index (χ3n) is 3.21. The Morgan fingerprint density at radius 1 is 1.53 bits per heavy atom. The van der Waals surface area contributed by atoms with E-state index in [9.17, 15) is 4.39 Å². The zero-order valence-electron chi connectivity index (χ0n) is 11.1. The maximum atomic E-state index is 13.3. The van der Waals surface area contributed by atoms with Crippen LogP contribution in [0.1, 0.15) is 11.6 Å². The van der Waals surface area contributed by atoms with E-state index in [1.54, 1.807) is 12.1 Å². The van der Waals surface area contributed by atoms with Gasteiger partial charge < -0.3 is 15.5 Å². The zero-order valence-corrected chi connectivity index (χ0v) is 12.7. The number of nitrogens with two attached hydrogens (primary N) is 1. The number of halogens is 2. The predicted molar refractivity (Wildman–Crippen MR) is 78.6 cm³/mol. The first-order valence-corrected chi connectivity index (χ1v) is 6.94. The summed E-state index contributed by atoms with van der Waals surface area (Å²) in [6.07, 6.45) is 0. The highest BCUT2D eigenvalue weighted by atomic mass is 79.9. The molecule has 1 heterocycles. The summed E-state index contributed by atoms with van der Waals surface area (Å²) in [7, 11) is 4.04. The lowest BCUT2D eigenvalue weighted by Crippen LogP contribution is -2.40. The molecular formula is C13H18BrFN4. The number of hydrogen-bond donors (Lipinski definition) is 1. The highest BCUT2D eigenvalue weighted by Crippen LogP contribution is 2.28. The summed E-state index contributed by atoms with van der Waals surface area (Å²) in [5.41, 5.74) is 6.96. The molecule has 0 saturated carbocycles. The van der Waals surface area contributed by atoms with Gasteiger partial charge in [0.15, 0.2) is 5.96 Å². The molecule has 2 N–H and O–H groups in total. The average molecular weight is 329 g/mol. The lowest BCUT2D eigenvalue weighted by atomic mass is 10.1. The summed E-state index contributed by atoms with van der Waals surface area (Å²) in [5, 5.41) is 0. The molecule has 0 amide bonds. The van der Waals surface area contributed by atoms with E-state index in [1.165, 1.54) is 6.07 Å². The number of hydrogen-bond acceptors (Lipinski definition) is 4. The molecule has 0 saturated heterocycles. The van der Waals surface area contributed by atoms with Crippen LogP contribution in [0.4, 0.5) is 4.39 Å². The number of nitrogens with zero attached hydrogens (tertiary/aromatic N) is 3. The SMILES string of the molecule is CN(C)CCN1C(N)=NCC1c1ccc(F)c(Br)c1. The summed E-state index contributed by atoms with van der Waals surface area (Å²) in [6.45, 7) is 2.33. The van der Waals surface area contributed by atoms with Gasteiger partial charge in [0.05, 0.1) is 17.1 Å². The van der Waals surface area contributed by atoms with Crippen LogP contribution in [0.5, 0.6) is 0 Å². The van der Waals surface area contributed by atoms with Crippen LogP contribution in [0.15, 0.2) is 27.7 Å². The summed E-state index contributed by atoms with van der Waals surface area (Å²) in [6, 6.07) is 5.16. The molecule has 0 spiro atoms. The fraction of sp³-hybridized carbons (Fsp3) is 0.462. The van der Waals surface area contributed by atoms with Crippen LogP contribution < -0.4 is 5.73 Å². The maximum absolute atomic E-state index is 13.3.